The van der Waals surface area contributed by atoms with Gasteiger partial charge < -0.3 is 10.8 Å². The van der Waals surface area contributed by atoms with E-state index in [2.05, 4.69) is 25.7 Å². The van der Waals surface area contributed by atoms with Crippen molar-refractivity contribution in [2.24, 2.45) is 34.3 Å². The normalized spacial score (nSPS) is 42.5. The summed E-state index contributed by atoms with van der Waals surface area (Å²) in [6.45, 7) is 5.53. The Morgan fingerprint density at radius 3 is 2.60 bits per heavy atom. The smallest absolute Gasteiger partial charge is 0.155 e. The quantitative estimate of drug-likeness (QED) is 0.485. The maximum Gasteiger partial charge on any atom is 0.155 e. The van der Waals surface area contributed by atoms with Gasteiger partial charge >= 0.3 is 0 Å². The lowest BCUT2D eigenvalue weighted by atomic mass is 9.46. The summed E-state index contributed by atoms with van der Waals surface area (Å²) < 4.78 is 0. The second-order valence-electron chi connectivity index (χ2n) is 11.1. The molecule has 0 saturated heterocycles. The largest absolute Gasteiger partial charge is 0.377 e. The van der Waals surface area contributed by atoms with Gasteiger partial charge in [-0.05, 0) is 93.6 Å². The van der Waals surface area contributed by atoms with Crippen LogP contribution in [0.4, 0.5) is 0 Å². The van der Waals surface area contributed by atoms with Crippen molar-refractivity contribution in [3.63, 3.8) is 0 Å². The molecule has 0 amide bonds. The Kier molecular flexibility index (Phi) is 6.21. The third-order valence-electron chi connectivity index (χ3n) is 9.66. The van der Waals surface area contributed by atoms with Crippen LogP contribution >= 0.6 is 0 Å². The minimum absolute atomic E-state index is 0.0806. The number of ketones is 1. The second kappa shape index (κ2) is 8.44. The van der Waals surface area contributed by atoms with Gasteiger partial charge in [-0.25, -0.2) is 0 Å². The Balaban J connectivity index is 1.46. The standard InChI is InChI=1S/C27H41NO2/c1-25-15-11-21(29)19-20(25)9-10-22-23(25)12-16-26(2)24(22)13-17-27(26,30)14-7-5-3-4-6-8-18-28/h19,22-24,30H,3-6,8-13,15-18,28H2,1-2H3/t22-,23+,24+,25+,26+,27+/m1/s1. The number of hydrogen-bond acceptors (Lipinski definition) is 3. The summed E-state index contributed by atoms with van der Waals surface area (Å²) in [4.78, 5) is 12.0. The molecule has 0 radical (unpaired) electrons. The van der Waals surface area contributed by atoms with E-state index in [-0.39, 0.29) is 10.8 Å². The van der Waals surface area contributed by atoms with E-state index < -0.39 is 5.60 Å². The van der Waals surface area contributed by atoms with E-state index in [4.69, 9.17) is 5.73 Å². The minimum Gasteiger partial charge on any atom is -0.377 e. The zero-order valence-electron chi connectivity index (χ0n) is 19.1. The van der Waals surface area contributed by atoms with E-state index in [0.29, 0.717) is 30.0 Å². The average Bonchev–Trinajstić information content (AvgIpc) is 2.99. The summed E-state index contributed by atoms with van der Waals surface area (Å²) in [7, 11) is 0. The van der Waals surface area contributed by atoms with Crippen LogP contribution in [0, 0.1) is 40.4 Å². The number of aliphatic hydroxyl groups is 1. The van der Waals surface area contributed by atoms with E-state index in [1.165, 1.54) is 31.3 Å². The zero-order chi connectivity index (χ0) is 21.4. The van der Waals surface area contributed by atoms with Crippen molar-refractivity contribution in [2.45, 2.75) is 103 Å². The van der Waals surface area contributed by atoms with Gasteiger partial charge in [0.05, 0.1) is 0 Å². The van der Waals surface area contributed by atoms with Crippen molar-refractivity contribution in [1.29, 1.82) is 0 Å². The van der Waals surface area contributed by atoms with Crippen LogP contribution in [0.5, 0.6) is 0 Å². The van der Waals surface area contributed by atoms with Gasteiger partial charge in [-0.2, -0.15) is 0 Å². The molecule has 3 N–H and O–H groups in total. The number of rotatable bonds is 5. The lowest BCUT2D eigenvalue weighted by Gasteiger charge is -2.58. The lowest BCUT2D eigenvalue weighted by Crippen LogP contribution is -2.54. The number of carbonyl (C=O) groups is 1. The van der Waals surface area contributed by atoms with Crippen LogP contribution in [-0.2, 0) is 4.79 Å². The van der Waals surface area contributed by atoms with Crippen LogP contribution in [0.25, 0.3) is 0 Å². The maximum absolute atomic E-state index is 12.0. The van der Waals surface area contributed by atoms with Crippen molar-refractivity contribution >= 4 is 5.78 Å². The SMILES string of the molecule is C[C@]12CCC(=O)C=C1CC[C@@H]1[C@@H]2CC[C@@]2(C)[C@H]1CC[C@@]2(O)C#CCCCCCCN. The van der Waals surface area contributed by atoms with Crippen LogP contribution in [0.3, 0.4) is 0 Å². The average molecular weight is 412 g/mol. The molecule has 4 aliphatic rings. The van der Waals surface area contributed by atoms with Gasteiger partial charge in [0.15, 0.2) is 5.78 Å². The molecule has 3 saturated carbocycles. The highest BCUT2D eigenvalue weighted by Gasteiger charge is 2.63. The Labute approximate surface area is 183 Å². The van der Waals surface area contributed by atoms with Crippen molar-refractivity contribution in [2.75, 3.05) is 6.54 Å². The molecule has 3 fully saturated rings. The highest BCUT2D eigenvalue weighted by Crippen LogP contribution is 2.67. The summed E-state index contributed by atoms with van der Waals surface area (Å²) in [6.07, 6.45) is 15.6. The number of fused-ring (bicyclic) bond motifs is 5. The summed E-state index contributed by atoms with van der Waals surface area (Å²) in [6, 6.07) is 0. The van der Waals surface area contributed by atoms with Gasteiger partial charge in [0.25, 0.3) is 0 Å². The van der Waals surface area contributed by atoms with E-state index >= 15 is 0 Å². The molecular formula is C27H41NO2. The van der Waals surface area contributed by atoms with Crippen molar-refractivity contribution < 1.29 is 9.90 Å². The number of hydrogen-bond donors (Lipinski definition) is 2. The molecule has 3 nitrogen and oxygen atoms in total. The monoisotopic (exact) mass is 411 g/mol. The lowest BCUT2D eigenvalue weighted by molar-refractivity contribution is -0.119. The van der Waals surface area contributed by atoms with E-state index in [1.807, 2.05) is 6.08 Å². The van der Waals surface area contributed by atoms with E-state index in [1.54, 1.807) is 0 Å². The highest BCUT2D eigenvalue weighted by molar-refractivity contribution is 5.91. The molecule has 3 heteroatoms. The molecule has 0 aromatic rings. The highest BCUT2D eigenvalue weighted by atomic mass is 16.3. The molecule has 4 aliphatic carbocycles. The first-order valence-corrected chi connectivity index (χ1v) is 12.5. The molecule has 30 heavy (non-hydrogen) atoms. The molecule has 0 unspecified atom stereocenters. The molecule has 6 atom stereocenters. The Morgan fingerprint density at radius 1 is 1.03 bits per heavy atom. The molecule has 0 spiro atoms. The van der Waals surface area contributed by atoms with Crippen molar-refractivity contribution in [3.8, 4) is 11.8 Å². The van der Waals surface area contributed by atoms with Crippen LogP contribution in [-0.4, -0.2) is 23.0 Å². The van der Waals surface area contributed by atoms with Crippen LogP contribution in [0.1, 0.15) is 97.3 Å². The third-order valence-corrected chi connectivity index (χ3v) is 9.66. The van der Waals surface area contributed by atoms with Gasteiger partial charge in [0.2, 0.25) is 0 Å². The Morgan fingerprint density at radius 2 is 1.80 bits per heavy atom. The van der Waals surface area contributed by atoms with Gasteiger partial charge in [0, 0.05) is 18.3 Å². The van der Waals surface area contributed by atoms with Crippen molar-refractivity contribution in [1.82, 2.24) is 0 Å². The fourth-order valence-corrected chi connectivity index (χ4v) is 7.70. The van der Waals surface area contributed by atoms with Gasteiger partial charge in [-0.3, -0.25) is 4.79 Å². The molecule has 0 aromatic carbocycles. The fraction of sp³-hybridized carbons (Fsp3) is 0.815. The first kappa shape index (κ1) is 22.1. The third kappa shape index (κ3) is 3.59. The van der Waals surface area contributed by atoms with Crippen LogP contribution in [0.2, 0.25) is 0 Å². The zero-order valence-corrected chi connectivity index (χ0v) is 19.1. The molecular weight excluding hydrogens is 370 g/mol. The molecule has 0 aliphatic heterocycles. The summed E-state index contributed by atoms with van der Waals surface area (Å²) in [5.74, 6) is 8.97. The van der Waals surface area contributed by atoms with Crippen LogP contribution in [0.15, 0.2) is 11.6 Å². The predicted molar refractivity (Wildman–Crippen MR) is 122 cm³/mol. The van der Waals surface area contributed by atoms with Crippen molar-refractivity contribution in [3.05, 3.63) is 11.6 Å². The molecule has 0 aromatic heterocycles. The molecule has 4 rings (SSSR count). The molecule has 0 heterocycles. The number of unbranched alkanes of at least 4 members (excludes halogenated alkanes) is 4. The summed E-state index contributed by atoms with van der Waals surface area (Å²) in [5, 5.41) is 11.7. The van der Waals surface area contributed by atoms with E-state index in [9.17, 15) is 9.90 Å². The predicted octanol–water partition coefficient (Wildman–Crippen LogP) is 5.16. The maximum atomic E-state index is 12.0. The molecule has 166 valence electrons. The Bertz CT molecular complexity index is 761. The Hall–Kier alpha value is -1.11. The van der Waals surface area contributed by atoms with Crippen LogP contribution < -0.4 is 5.73 Å². The summed E-state index contributed by atoms with van der Waals surface area (Å²) in [5.41, 5.74) is 6.29. The van der Waals surface area contributed by atoms with Gasteiger partial charge in [-0.15, -0.1) is 5.92 Å². The number of allylic oxidation sites excluding steroid dienone is 1. The van der Waals surface area contributed by atoms with Gasteiger partial charge in [-0.1, -0.05) is 38.2 Å². The topological polar surface area (TPSA) is 63.3 Å². The second-order valence-corrected chi connectivity index (χ2v) is 11.1. The first-order chi connectivity index (χ1) is 14.3. The number of nitrogens with two attached hydrogens (primary N) is 1. The van der Waals surface area contributed by atoms with Gasteiger partial charge in [0.1, 0.15) is 5.60 Å². The first-order valence-electron chi connectivity index (χ1n) is 12.5. The summed E-state index contributed by atoms with van der Waals surface area (Å²) >= 11 is 0. The molecule has 0 bridgehead atoms. The fourth-order valence-electron chi connectivity index (χ4n) is 7.70. The van der Waals surface area contributed by atoms with E-state index in [0.717, 1.165) is 57.9 Å². The number of carbonyl (C=O) groups excluding carboxylic acids is 1. The minimum atomic E-state index is -0.820.